The van der Waals surface area contributed by atoms with Crippen molar-refractivity contribution in [1.29, 1.82) is 0 Å². The first kappa shape index (κ1) is 19.9. The average Bonchev–Trinajstić information content (AvgIpc) is 3.24. The van der Waals surface area contributed by atoms with Gasteiger partial charge >= 0.3 is 0 Å². The molecule has 140 valence electrons. The summed E-state index contributed by atoms with van der Waals surface area (Å²) in [6.07, 6.45) is 3.75. The number of benzene rings is 1. The largest absolute Gasteiger partial charge is 0.355 e. The van der Waals surface area contributed by atoms with Crippen molar-refractivity contribution in [2.24, 2.45) is 13.0 Å². The van der Waals surface area contributed by atoms with E-state index in [0.717, 1.165) is 17.7 Å². The molecule has 0 unspecified atom stereocenters. The summed E-state index contributed by atoms with van der Waals surface area (Å²) in [5, 5.41) is 13.0. The molecule has 1 aliphatic heterocycles. The van der Waals surface area contributed by atoms with E-state index in [0.29, 0.717) is 17.8 Å². The Morgan fingerprint density at radius 3 is 2.73 bits per heavy atom. The minimum Gasteiger partial charge on any atom is -0.355 e. The number of hydrogen-bond acceptors (Lipinski definition) is 4. The van der Waals surface area contributed by atoms with Gasteiger partial charge in [-0.05, 0) is 24.6 Å². The zero-order chi connectivity index (χ0) is 18.0. The van der Waals surface area contributed by atoms with E-state index in [-0.39, 0.29) is 36.1 Å². The number of aromatic nitrogens is 2. The highest BCUT2D eigenvalue weighted by molar-refractivity contribution is 6.04. The molecule has 3 rings (SSSR count). The summed E-state index contributed by atoms with van der Waals surface area (Å²) in [4.78, 5) is 24.9. The topological polar surface area (TPSA) is 88.1 Å². The molecule has 1 aromatic carbocycles. The Bertz CT molecular complexity index is 805. The molecule has 1 aromatic heterocycles. The van der Waals surface area contributed by atoms with Gasteiger partial charge < -0.3 is 16.0 Å². The van der Waals surface area contributed by atoms with Gasteiger partial charge in [-0.25, -0.2) is 0 Å². The van der Waals surface area contributed by atoms with Gasteiger partial charge in [0.05, 0.1) is 23.4 Å². The molecule has 26 heavy (non-hydrogen) atoms. The number of carbonyl (C=O) groups excluding carboxylic acids is 2. The fourth-order valence-electron chi connectivity index (χ4n) is 3.25. The van der Waals surface area contributed by atoms with Crippen LogP contribution in [0.25, 0.3) is 0 Å². The lowest BCUT2D eigenvalue weighted by Crippen LogP contribution is -2.29. The highest BCUT2D eigenvalue weighted by atomic mass is 35.5. The Morgan fingerprint density at radius 1 is 1.31 bits per heavy atom. The zero-order valence-electron chi connectivity index (χ0n) is 15.1. The predicted octanol–water partition coefficient (Wildman–Crippen LogP) is 1.45. The monoisotopic (exact) mass is 377 g/mol. The van der Waals surface area contributed by atoms with Crippen molar-refractivity contribution in [3.63, 3.8) is 0 Å². The summed E-state index contributed by atoms with van der Waals surface area (Å²) in [5.41, 5.74) is 3.02. The van der Waals surface area contributed by atoms with Crippen LogP contribution in [0.3, 0.4) is 0 Å². The first-order valence-electron chi connectivity index (χ1n) is 8.32. The minimum absolute atomic E-state index is 0. The average molecular weight is 378 g/mol. The first-order valence-corrected chi connectivity index (χ1v) is 8.32. The van der Waals surface area contributed by atoms with Crippen LogP contribution in [-0.4, -0.2) is 41.7 Å². The van der Waals surface area contributed by atoms with Gasteiger partial charge in [0, 0.05) is 39.3 Å². The lowest BCUT2D eigenvalue weighted by molar-refractivity contribution is -0.119. The Kier molecular flexibility index (Phi) is 6.39. The van der Waals surface area contributed by atoms with Crippen molar-refractivity contribution in [3.05, 3.63) is 47.3 Å². The molecule has 0 aliphatic carbocycles. The van der Waals surface area contributed by atoms with E-state index in [1.165, 1.54) is 0 Å². The molecule has 0 bridgehead atoms. The van der Waals surface area contributed by atoms with Gasteiger partial charge in [0.15, 0.2) is 0 Å². The first-order chi connectivity index (χ1) is 12.0. The number of aryl methyl sites for hydroxylation is 2. The summed E-state index contributed by atoms with van der Waals surface area (Å²) < 4.78 is 1.74. The van der Waals surface area contributed by atoms with E-state index >= 15 is 0 Å². The van der Waals surface area contributed by atoms with Gasteiger partial charge in [0.1, 0.15) is 0 Å². The zero-order valence-corrected chi connectivity index (χ0v) is 15.9. The maximum atomic E-state index is 12.8. The molecular weight excluding hydrogens is 354 g/mol. The lowest BCUT2D eigenvalue weighted by atomic mass is 9.90. The fourth-order valence-corrected chi connectivity index (χ4v) is 3.25. The minimum atomic E-state index is -0.215. The molecule has 2 heterocycles. The van der Waals surface area contributed by atoms with Crippen LogP contribution in [0.5, 0.6) is 0 Å². The van der Waals surface area contributed by atoms with Crippen molar-refractivity contribution < 1.29 is 9.59 Å². The number of carbonyl (C=O) groups is 2. The van der Waals surface area contributed by atoms with Crippen molar-refractivity contribution in [3.8, 4) is 0 Å². The second-order valence-corrected chi connectivity index (χ2v) is 6.44. The van der Waals surface area contributed by atoms with Crippen molar-refractivity contribution in [2.45, 2.75) is 12.8 Å². The third-order valence-corrected chi connectivity index (χ3v) is 4.61. The highest BCUT2D eigenvalue weighted by Crippen LogP contribution is 2.29. The van der Waals surface area contributed by atoms with Crippen molar-refractivity contribution in [1.82, 2.24) is 20.4 Å². The van der Waals surface area contributed by atoms with Gasteiger partial charge in [-0.2, -0.15) is 5.10 Å². The second kappa shape index (κ2) is 8.33. The molecule has 0 saturated carbocycles. The van der Waals surface area contributed by atoms with Crippen molar-refractivity contribution in [2.75, 3.05) is 25.5 Å². The van der Waals surface area contributed by atoms with E-state index in [4.69, 9.17) is 0 Å². The number of amides is 2. The normalized spacial score (nSPS) is 18.9. The van der Waals surface area contributed by atoms with Crippen LogP contribution in [0.4, 0.5) is 5.69 Å². The van der Waals surface area contributed by atoms with Crippen LogP contribution in [0.2, 0.25) is 0 Å². The third-order valence-electron chi connectivity index (χ3n) is 4.61. The number of anilines is 1. The van der Waals surface area contributed by atoms with Crippen LogP contribution < -0.4 is 16.0 Å². The molecule has 1 aliphatic rings. The summed E-state index contributed by atoms with van der Waals surface area (Å²) in [6, 6.07) is 5.44. The van der Waals surface area contributed by atoms with E-state index in [2.05, 4.69) is 21.0 Å². The molecule has 2 atom stereocenters. The molecule has 8 heteroatoms. The van der Waals surface area contributed by atoms with Gasteiger partial charge in [0.25, 0.3) is 5.91 Å². The maximum Gasteiger partial charge on any atom is 0.253 e. The van der Waals surface area contributed by atoms with E-state index in [1.807, 2.05) is 26.2 Å². The second-order valence-electron chi connectivity index (χ2n) is 6.44. The van der Waals surface area contributed by atoms with E-state index in [1.54, 1.807) is 30.1 Å². The lowest BCUT2D eigenvalue weighted by Gasteiger charge is -2.18. The standard InChI is InChI=1S/C18H23N5O2.ClH/c1-11-4-5-16(13(6-11)17(24)19-2)22-18(25)15-9-20-8-14(15)12-7-21-23(3)10-12;/h4-7,10,14-15,20H,8-9H2,1-3H3,(H,19,24)(H,22,25);1H/t14-,15+;/m1./s1. The Balaban J connectivity index is 0.00000243. The number of nitrogens with zero attached hydrogens (tertiary/aromatic N) is 2. The van der Waals surface area contributed by atoms with Crippen LogP contribution in [-0.2, 0) is 11.8 Å². The summed E-state index contributed by atoms with van der Waals surface area (Å²) >= 11 is 0. The number of rotatable bonds is 4. The molecule has 0 radical (unpaired) electrons. The molecule has 1 saturated heterocycles. The Morgan fingerprint density at radius 2 is 2.08 bits per heavy atom. The third kappa shape index (κ3) is 4.05. The highest BCUT2D eigenvalue weighted by Gasteiger charge is 2.35. The number of halogens is 1. The van der Waals surface area contributed by atoms with Gasteiger partial charge in [-0.3, -0.25) is 14.3 Å². The predicted molar refractivity (Wildman–Crippen MR) is 103 cm³/mol. The Labute approximate surface area is 159 Å². The maximum absolute atomic E-state index is 12.8. The molecule has 0 spiro atoms. The summed E-state index contributed by atoms with van der Waals surface area (Å²) in [5.74, 6) is -0.439. The van der Waals surface area contributed by atoms with Gasteiger partial charge in [-0.1, -0.05) is 11.6 Å². The van der Waals surface area contributed by atoms with Crippen LogP contribution in [0, 0.1) is 12.8 Å². The van der Waals surface area contributed by atoms with Crippen LogP contribution >= 0.6 is 12.4 Å². The number of hydrogen-bond donors (Lipinski definition) is 3. The van der Waals surface area contributed by atoms with Crippen LogP contribution in [0.1, 0.15) is 27.4 Å². The van der Waals surface area contributed by atoms with E-state index < -0.39 is 0 Å². The summed E-state index contributed by atoms with van der Waals surface area (Å²) in [7, 11) is 3.44. The molecule has 7 nitrogen and oxygen atoms in total. The molecular formula is C18H24ClN5O2. The quantitative estimate of drug-likeness (QED) is 0.752. The molecule has 1 fully saturated rings. The van der Waals surface area contributed by atoms with Gasteiger partial charge in [0.2, 0.25) is 5.91 Å². The molecule has 2 aromatic rings. The molecule has 3 N–H and O–H groups in total. The van der Waals surface area contributed by atoms with Gasteiger partial charge in [-0.15, -0.1) is 12.4 Å². The molecule has 2 amide bonds. The smallest absolute Gasteiger partial charge is 0.253 e. The SMILES string of the molecule is CNC(=O)c1cc(C)ccc1NC(=O)[C@H]1CNC[C@@H]1c1cnn(C)c1.Cl. The Hall–Kier alpha value is -2.38. The van der Waals surface area contributed by atoms with E-state index in [9.17, 15) is 9.59 Å². The fraction of sp³-hybridized carbons (Fsp3) is 0.389. The number of nitrogens with one attached hydrogen (secondary N) is 3. The van der Waals surface area contributed by atoms with Crippen molar-refractivity contribution >= 4 is 29.9 Å². The van der Waals surface area contributed by atoms with Crippen LogP contribution in [0.15, 0.2) is 30.6 Å². The summed E-state index contributed by atoms with van der Waals surface area (Å²) in [6.45, 7) is 3.25.